The van der Waals surface area contributed by atoms with Gasteiger partial charge in [0, 0.05) is 25.4 Å². The Balaban J connectivity index is 2.05. The minimum absolute atomic E-state index is 0.0431. The molecule has 1 aliphatic rings. The lowest BCUT2D eigenvalue weighted by Crippen LogP contribution is -2.44. The largest absolute Gasteiger partial charge is 0.393 e. The molecule has 0 bridgehead atoms. The minimum atomic E-state index is -4.29. The second-order valence-electron chi connectivity index (χ2n) is 4.85. The van der Waals surface area contributed by atoms with Gasteiger partial charge in [-0.25, -0.2) is 4.98 Å². The molecule has 0 aromatic carbocycles. The first kappa shape index (κ1) is 15.7. The van der Waals surface area contributed by atoms with Crippen LogP contribution in [0.25, 0.3) is 0 Å². The number of likely N-dealkylation sites (tertiary alicyclic amines) is 1. The Labute approximate surface area is 123 Å². The Bertz CT molecular complexity index is 544. The average Bonchev–Trinajstić information content (AvgIpc) is 2.84. The molecule has 116 valence electrons. The van der Waals surface area contributed by atoms with E-state index in [0.717, 1.165) is 11.3 Å². The van der Waals surface area contributed by atoms with Crippen molar-refractivity contribution in [1.29, 1.82) is 0 Å². The van der Waals surface area contributed by atoms with Gasteiger partial charge in [0.15, 0.2) is 5.13 Å². The van der Waals surface area contributed by atoms with Gasteiger partial charge in [0.2, 0.25) is 5.91 Å². The summed E-state index contributed by atoms with van der Waals surface area (Å²) in [6.45, 7) is 1.26. The van der Waals surface area contributed by atoms with Crippen molar-refractivity contribution < 1.29 is 22.8 Å². The molecule has 2 rings (SSSR count). The van der Waals surface area contributed by atoms with Crippen LogP contribution in [0.2, 0.25) is 0 Å². The van der Waals surface area contributed by atoms with E-state index in [4.69, 9.17) is 0 Å². The van der Waals surface area contributed by atoms with Gasteiger partial charge in [0.25, 0.3) is 5.91 Å². The highest BCUT2D eigenvalue weighted by molar-refractivity contribution is 7.14. The molecule has 1 unspecified atom stereocenters. The van der Waals surface area contributed by atoms with E-state index < -0.39 is 18.0 Å². The fraction of sp³-hybridized carbons (Fsp3) is 0.583. The molecular weight excluding hydrogens is 307 g/mol. The molecular formula is C12H14F3N3O2S. The highest BCUT2D eigenvalue weighted by atomic mass is 32.1. The van der Waals surface area contributed by atoms with Crippen LogP contribution in [-0.4, -0.2) is 41.0 Å². The van der Waals surface area contributed by atoms with Gasteiger partial charge in [-0.3, -0.25) is 9.59 Å². The van der Waals surface area contributed by atoms with Crippen molar-refractivity contribution in [1.82, 2.24) is 9.88 Å². The van der Waals surface area contributed by atoms with Crippen LogP contribution in [0.15, 0.2) is 5.38 Å². The SMILES string of the molecule is CC(=O)Nc1nc(C(=O)N2CCCC(C(F)(F)F)C2)cs1. The first-order chi connectivity index (χ1) is 9.77. The summed E-state index contributed by atoms with van der Waals surface area (Å²) in [5.74, 6) is -2.33. The summed E-state index contributed by atoms with van der Waals surface area (Å²) in [4.78, 5) is 28.1. The Hall–Kier alpha value is -1.64. The summed E-state index contributed by atoms with van der Waals surface area (Å²) in [6, 6.07) is 0. The van der Waals surface area contributed by atoms with E-state index in [1.165, 1.54) is 17.2 Å². The maximum absolute atomic E-state index is 12.7. The number of carbonyl (C=O) groups excluding carboxylic acids is 2. The summed E-state index contributed by atoms with van der Waals surface area (Å²) in [5, 5.41) is 4.13. The van der Waals surface area contributed by atoms with Gasteiger partial charge in [0.1, 0.15) is 5.69 Å². The lowest BCUT2D eigenvalue weighted by molar-refractivity contribution is -0.184. The zero-order valence-corrected chi connectivity index (χ0v) is 12.1. The summed E-state index contributed by atoms with van der Waals surface area (Å²) in [6.07, 6.45) is -3.93. The molecule has 1 aromatic rings. The van der Waals surface area contributed by atoms with Crippen LogP contribution in [0.5, 0.6) is 0 Å². The molecule has 1 aliphatic heterocycles. The molecule has 9 heteroatoms. The molecule has 1 aromatic heterocycles. The molecule has 5 nitrogen and oxygen atoms in total. The molecule has 0 saturated carbocycles. The van der Waals surface area contributed by atoms with Crippen LogP contribution in [0.4, 0.5) is 18.3 Å². The van der Waals surface area contributed by atoms with Gasteiger partial charge in [-0.1, -0.05) is 0 Å². The number of piperidine rings is 1. The number of rotatable bonds is 2. The van der Waals surface area contributed by atoms with Gasteiger partial charge in [0.05, 0.1) is 5.92 Å². The summed E-state index contributed by atoms with van der Waals surface area (Å²) in [7, 11) is 0. The van der Waals surface area contributed by atoms with Crippen molar-refractivity contribution in [2.45, 2.75) is 25.9 Å². The lowest BCUT2D eigenvalue weighted by atomic mass is 9.97. The standard InChI is InChI=1S/C12H14F3N3O2S/c1-7(19)16-11-17-9(6-21-11)10(20)18-4-2-3-8(5-18)12(13,14)15/h6,8H,2-5H2,1H3,(H,16,17,19). The normalized spacial score (nSPS) is 19.4. The van der Waals surface area contributed by atoms with Crippen LogP contribution < -0.4 is 5.32 Å². The number of hydrogen-bond acceptors (Lipinski definition) is 4. The number of aromatic nitrogens is 1. The molecule has 0 radical (unpaired) electrons. The number of nitrogens with one attached hydrogen (secondary N) is 1. The van der Waals surface area contributed by atoms with Gasteiger partial charge < -0.3 is 10.2 Å². The van der Waals surface area contributed by atoms with E-state index in [9.17, 15) is 22.8 Å². The van der Waals surface area contributed by atoms with E-state index in [0.29, 0.717) is 13.0 Å². The van der Waals surface area contributed by atoms with Crippen molar-refractivity contribution in [3.8, 4) is 0 Å². The van der Waals surface area contributed by atoms with E-state index in [-0.39, 0.29) is 29.7 Å². The number of alkyl halides is 3. The van der Waals surface area contributed by atoms with E-state index in [1.54, 1.807) is 0 Å². The molecule has 21 heavy (non-hydrogen) atoms. The summed E-state index contributed by atoms with van der Waals surface area (Å²) >= 11 is 1.06. The second-order valence-corrected chi connectivity index (χ2v) is 5.71. The Kier molecular flexibility index (Phi) is 4.50. The average molecular weight is 321 g/mol. The highest BCUT2D eigenvalue weighted by Crippen LogP contribution is 2.33. The number of thiazole rings is 1. The van der Waals surface area contributed by atoms with Crippen molar-refractivity contribution in [3.63, 3.8) is 0 Å². The molecule has 1 N–H and O–H groups in total. The third kappa shape index (κ3) is 3.93. The van der Waals surface area contributed by atoms with Gasteiger partial charge in [-0.15, -0.1) is 11.3 Å². The van der Waals surface area contributed by atoms with Gasteiger partial charge in [-0.05, 0) is 12.8 Å². The van der Waals surface area contributed by atoms with Crippen LogP contribution in [0.3, 0.4) is 0 Å². The van der Waals surface area contributed by atoms with E-state index >= 15 is 0 Å². The van der Waals surface area contributed by atoms with E-state index in [2.05, 4.69) is 10.3 Å². The predicted molar refractivity (Wildman–Crippen MR) is 71.1 cm³/mol. The van der Waals surface area contributed by atoms with Crippen molar-refractivity contribution in [2.75, 3.05) is 18.4 Å². The topological polar surface area (TPSA) is 62.3 Å². The van der Waals surface area contributed by atoms with Crippen molar-refractivity contribution in [3.05, 3.63) is 11.1 Å². The number of anilines is 1. The van der Waals surface area contributed by atoms with Crippen LogP contribution >= 0.6 is 11.3 Å². The first-order valence-electron chi connectivity index (χ1n) is 6.36. The second kappa shape index (κ2) is 6.00. The molecule has 1 fully saturated rings. The molecule has 2 amide bonds. The maximum Gasteiger partial charge on any atom is 0.393 e. The third-order valence-electron chi connectivity index (χ3n) is 3.18. The molecule has 1 atom stereocenters. The number of nitrogens with zero attached hydrogens (tertiary/aromatic N) is 2. The zero-order chi connectivity index (χ0) is 15.6. The summed E-state index contributed by atoms with van der Waals surface area (Å²) in [5.41, 5.74) is 0.0616. The third-order valence-corrected chi connectivity index (χ3v) is 3.94. The van der Waals surface area contributed by atoms with Crippen LogP contribution in [-0.2, 0) is 4.79 Å². The number of amides is 2. The molecule has 0 aliphatic carbocycles. The van der Waals surface area contributed by atoms with Crippen LogP contribution in [0, 0.1) is 5.92 Å². The fourth-order valence-electron chi connectivity index (χ4n) is 2.17. The Morgan fingerprint density at radius 1 is 1.48 bits per heavy atom. The quantitative estimate of drug-likeness (QED) is 0.910. The smallest absolute Gasteiger partial charge is 0.337 e. The Morgan fingerprint density at radius 3 is 2.81 bits per heavy atom. The predicted octanol–water partition coefficient (Wildman–Crippen LogP) is 2.52. The lowest BCUT2D eigenvalue weighted by Gasteiger charge is -2.33. The van der Waals surface area contributed by atoms with Gasteiger partial charge in [-0.2, -0.15) is 13.2 Å². The minimum Gasteiger partial charge on any atom is -0.337 e. The molecule has 2 heterocycles. The summed E-state index contributed by atoms with van der Waals surface area (Å²) < 4.78 is 38.2. The number of carbonyl (C=O) groups is 2. The highest BCUT2D eigenvalue weighted by Gasteiger charge is 2.42. The maximum atomic E-state index is 12.7. The van der Waals surface area contributed by atoms with Crippen molar-refractivity contribution >= 4 is 28.3 Å². The van der Waals surface area contributed by atoms with Gasteiger partial charge >= 0.3 is 6.18 Å². The number of halogens is 3. The van der Waals surface area contributed by atoms with Crippen LogP contribution in [0.1, 0.15) is 30.3 Å². The monoisotopic (exact) mass is 321 g/mol. The first-order valence-corrected chi connectivity index (χ1v) is 7.24. The fourth-order valence-corrected chi connectivity index (χ4v) is 2.90. The molecule has 1 saturated heterocycles. The van der Waals surface area contributed by atoms with Crippen molar-refractivity contribution in [2.24, 2.45) is 5.92 Å². The Morgan fingerprint density at radius 2 is 2.19 bits per heavy atom. The van der Waals surface area contributed by atoms with E-state index in [1.807, 2.05) is 0 Å². The zero-order valence-electron chi connectivity index (χ0n) is 11.2. The number of hydrogen-bond donors (Lipinski definition) is 1. The molecule has 0 spiro atoms.